The lowest BCUT2D eigenvalue weighted by Gasteiger charge is -1.97. The minimum atomic E-state index is 0.431. The van der Waals surface area contributed by atoms with Crippen LogP contribution < -0.4 is 0 Å². The van der Waals surface area contributed by atoms with Gasteiger partial charge in [-0.15, -0.1) is 0 Å². The van der Waals surface area contributed by atoms with Gasteiger partial charge < -0.3 is 0 Å². The summed E-state index contributed by atoms with van der Waals surface area (Å²) in [4.78, 5) is 0.524. The molecule has 10 heavy (non-hydrogen) atoms. The third-order valence-corrected chi connectivity index (χ3v) is 2.46. The molecule has 0 saturated carbocycles. The maximum atomic E-state index is 5.64. The molecule has 0 aliphatic rings. The molecule has 0 N–H and O–H groups in total. The van der Waals surface area contributed by atoms with Crippen LogP contribution in [0.4, 0.5) is 0 Å². The summed E-state index contributed by atoms with van der Waals surface area (Å²) < 4.78 is 0. The Morgan fingerprint density at radius 3 is 1.90 bits per heavy atom. The lowest BCUT2D eigenvalue weighted by molar-refractivity contribution is 1.48. The van der Waals surface area contributed by atoms with Gasteiger partial charge in [-0.25, -0.2) is 0 Å². The van der Waals surface area contributed by atoms with Crippen molar-refractivity contribution in [2.24, 2.45) is 0 Å². The molecule has 0 aliphatic carbocycles. The first-order valence-electron chi connectivity index (χ1n) is 2.43. The highest BCUT2D eigenvalue weighted by Crippen LogP contribution is 2.30. The molecule has 0 unspecified atom stereocenters. The first-order valence-corrected chi connectivity index (χ1v) is 3.97. The van der Waals surface area contributed by atoms with Crippen LogP contribution in [0.25, 0.3) is 0 Å². The molecule has 1 rings (SSSR count). The Morgan fingerprint density at radius 1 is 0.900 bits per heavy atom. The van der Waals surface area contributed by atoms with Crippen LogP contribution >= 0.6 is 47.4 Å². The molecular formula is C6H2Cl3S. The number of halogens is 3. The highest BCUT2D eigenvalue weighted by atomic mass is 35.5. The van der Waals surface area contributed by atoms with Gasteiger partial charge in [0.25, 0.3) is 0 Å². The van der Waals surface area contributed by atoms with Crippen molar-refractivity contribution < 1.29 is 0 Å². The van der Waals surface area contributed by atoms with Gasteiger partial charge in [-0.05, 0) is 12.1 Å². The third-order valence-electron chi connectivity index (χ3n) is 0.975. The Morgan fingerprint density at radius 2 is 1.40 bits per heavy atom. The molecule has 0 amide bonds. The summed E-state index contributed by atoms with van der Waals surface area (Å²) in [7, 11) is 0. The van der Waals surface area contributed by atoms with Gasteiger partial charge in [0, 0.05) is 0 Å². The molecule has 1 aromatic rings. The molecule has 4 heteroatoms. The van der Waals surface area contributed by atoms with Crippen molar-refractivity contribution in [2.45, 2.75) is 4.90 Å². The Hall–Kier alpha value is 0.310. The topological polar surface area (TPSA) is 0 Å². The first kappa shape index (κ1) is 8.41. The molecule has 0 heterocycles. The zero-order valence-corrected chi connectivity index (χ0v) is 7.78. The van der Waals surface area contributed by atoms with Crippen molar-refractivity contribution in [2.75, 3.05) is 0 Å². The molecule has 53 valence electrons. The van der Waals surface area contributed by atoms with Crippen LogP contribution in [-0.4, -0.2) is 0 Å². The highest BCUT2D eigenvalue weighted by Gasteiger charge is 2.02. The Bertz CT molecular complexity index is 209. The Kier molecular flexibility index (Phi) is 2.64. The fourth-order valence-electron chi connectivity index (χ4n) is 0.504. The normalized spacial score (nSPS) is 9.90. The van der Waals surface area contributed by atoms with Gasteiger partial charge in [-0.3, -0.25) is 0 Å². The molecular weight excluding hydrogens is 210 g/mol. The van der Waals surface area contributed by atoms with Crippen LogP contribution in [0, 0.1) is 0 Å². The predicted molar refractivity (Wildman–Crippen MR) is 47.3 cm³/mol. The van der Waals surface area contributed by atoms with Crippen LogP contribution in [0.2, 0.25) is 15.1 Å². The minimum Gasteiger partial charge on any atom is -0.0827 e. The quantitative estimate of drug-likeness (QED) is 0.565. The third kappa shape index (κ3) is 1.67. The lowest BCUT2D eigenvalue weighted by atomic mass is 10.4. The van der Waals surface area contributed by atoms with Gasteiger partial charge in [0.15, 0.2) is 0 Å². The summed E-state index contributed by atoms with van der Waals surface area (Å²) in [6.07, 6.45) is 0. The maximum Gasteiger partial charge on any atom is 0.0608 e. The molecule has 1 aromatic carbocycles. The van der Waals surface area contributed by atoms with E-state index in [9.17, 15) is 0 Å². The van der Waals surface area contributed by atoms with E-state index in [2.05, 4.69) is 0 Å². The highest BCUT2D eigenvalue weighted by molar-refractivity contribution is 7.80. The van der Waals surface area contributed by atoms with Gasteiger partial charge in [0.2, 0.25) is 0 Å². The first-order chi connectivity index (χ1) is 4.61. The van der Waals surface area contributed by atoms with Crippen LogP contribution in [0.1, 0.15) is 0 Å². The fraction of sp³-hybridized carbons (Fsp3) is 0. The fourth-order valence-corrected chi connectivity index (χ4v) is 1.29. The monoisotopic (exact) mass is 211 g/mol. The van der Waals surface area contributed by atoms with E-state index in [1.807, 2.05) is 0 Å². The van der Waals surface area contributed by atoms with Gasteiger partial charge in [-0.2, -0.15) is 0 Å². The van der Waals surface area contributed by atoms with Crippen molar-refractivity contribution in [3.8, 4) is 0 Å². The van der Waals surface area contributed by atoms with Crippen molar-refractivity contribution in [3.63, 3.8) is 0 Å². The summed E-state index contributed by atoms with van der Waals surface area (Å²) in [5, 5.41) is 1.33. The van der Waals surface area contributed by atoms with Crippen molar-refractivity contribution in [1.82, 2.24) is 0 Å². The SMILES string of the molecule is [S]c1cc(Cl)c(Cl)cc1Cl. The predicted octanol–water partition coefficient (Wildman–Crippen LogP) is 4.20. The van der Waals surface area contributed by atoms with Gasteiger partial charge in [0.1, 0.15) is 0 Å². The molecule has 0 aromatic heterocycles. The number of hydrogen-bond acceptors (Lipinski definition) is 0. The number of rotatable bonds is 0. The standard InChI is InChI=1S/C6H2Cl3S/c7-3-1-5(9)6(10)2-4(3)8/h1-2H. The number of benzene rings is 1. The van der Waals surface area contributed by atoms with Gasteiger partial charge in [0.05, 0.1) is 20.0 Å². The van der Waals surface area contributed by atoms with Crippen molar-refractivity contribution >= 4 is 47.4 Å². The summed E-state index contributed by atoms with van der Waals surface area (Å²) >= 11 is 21.7. The second-order valence-electron chi connectivity index (χ2n) is 1.70. The molecule has 1 radical (unpaired) electrons. The molecule has 0 fully saturated rings. The molecule has 0 atom stereocenters. The van der Waals surface area contributed by atoms with E-state index in [1.54, 1.807) is 6.07 Å². The van der Waals surface area contributed by atoms with Crippen LogP contribution in [0.5, 0.6) is 0 Å². The van der Waals surface area contributed by atoms with Crippen LogP contribution in [0.3, 0.4) is 0 Å². The van der Waals surface area contributed by atoms with E-state index >= 15 is 0 Å². The molecule has 0 bridgehead atoms. The zero-order valence-electron chi connectivity index (χ0n) is 4.70. The second kappa shape index (κ2) is 3.14. The van der Waals surface area contributed by atoms with Gasteiger partial charge in [-0.1, -0.05) is 47.4 Å². The smallest absolute Gasteiger partial charge is 0.0608 e. The average Bonchev–Trinajstić information content (AvgIpc) is 1.84. The van der Waals surface area contributed by atoms with Gasteiger partial charge >= 0.3 is 0 Å². The van der Waals surface area contributed by atoms with E-state index in [-0.39, 0.29) is 0 Å². The van der Waals surface area contributed by atoms with E-state index in [0.29, 0.717) is 20.0 Å². The largest absolute Gasteiger partial charge is 0.0827 e. The summed E-state index contributed by atoms with van der Waals surface area (Å²) in [5.74, 6) is 0. The van der Waals surface area contributed by atoms with E-state index in [4.69, 9.17) is 47.4 Å². The molecule has 0 saturated heterocycles. The number of hydrogen-bond donors (Lipinski definition) is 0. The van der Waals surface area contributed by atoms with Crippen LogP contribution in [-0.2, 0) is 0 Å². The molecule has 0 spiro atoms. The molecule has 0 nitrogen and oxygen atoms in total. The van der Waals surface area contributed by atoms with E-state index in [0.717, 1.165) is 0 Å². The van der Waals surface area contributed by atoms with Crippen molar-refractivity contribution in [3.05, 3.63) is 27.2 Å². The van der Waals surface area contributed by atoms with Crippen LogP contribution in [0.15, 0.2) is 17.0 Å². The van der Waals surface area contributed by atoms with E-state index < -0.39 is 0 Å². The zero-order chi connectivity index (χ0) is 7.72. The van der Waals surface area contributed by atoms with E-state index in [1.165, 1.54) is 6.07 Å². The minimum absolute atomic E-state index is 0.431. The molecule has 0 aliphatic heterocycles. The van der Waals surface area contributed by atoms with Crippen molar-refractivity contribution in [1.29, 1.82) is 0 Å². The maximum absolute atomic E-state index is 5.64. The second-order valence-corrected chi connectivity index (χ2v) is 3.36. The Balaban J connectivity index is 3.28. The average molecular weight is 213 g/mol. The summed E-state index contributed by atoms with van der Waals surface area (Å²) in [5.41, 5.74) is 0. The summed E-state index contributed by atoms with van der Waals surface area (Å²) in [6.45, 7) is 0. The Labute approximate surface area is 79.5 Å². The lowest BCUT2D eigenvalue weighted by Crippen LogP contribution is -1.71. The summed E-state index contributed by atoms with van der Waals surface area (Å²) in [6, 6.07) is 3.09.